The summed E-state index contributed by atoms with van der Waals surface area (Å²) in [6, 6.07) is 8.37. The Labute approximate surface area is 130 Å². The molecule has 0 saturated heterocycles. The molecule has 0 aliphatic rings. The van der Waals surface area contributed by atoms with Crippen LogP contribution in [0.25, 0.3) is 0 Å². The van der Waals surface area contributed by atoms with Gasteiger partial charge in [-0.1, -0.05) is 32.9 Å². The van der Waals surface area contributed by atoms with Gasteiger partial charge in [0.2, 0.25) is 0 Å². The number of anilines is 1. The molecule has 3 nitrogen and oxygen atoms in total. The molecule has 0 spiro atoms. The summed E-state index contributed by atoms with van der Waals surface area (Å²) in [6.45, 7) is 14.2. The number of aliphatic hydroxyl groups is 1. The Bertz CT molecular complexity index is 373. The average molecular weight is 292 g/mol. The Balaban J connectivity index is 2.55. The third-order valence-electron chi connectivity index (χ3n) is 4.21. The molecule has 0 aliphatic carbocycles. The topological polar surface area (TPSA) is 26.7 Å². The van der Waals surface area contributed by atoms with Gasteiger partial charge in [0.25, 0.3) is 0 Å². The van der Waals surface area contributed by atoms with Gasteiger partial charge in [-0.25, -0.2) is 0 Å². The van der Waals surface area contributed by atoms with E-state index in [9.17, 15) is 5.11 Å². The summed E-state index contributed by atoms with van der Waals surface area (Å²) in [4.78, 5) is 4.88. The standard InChI is InChI=1S/C18H32N2O/c1-5-18(21)16-10-12-17(13-11-16)20(8-4)15-9-14-19(6-2)7-3/h10-13,18,21H,5-9,14-15H2,1-4H3. The lowest BCUT2D eigenvalue weighted by Gasteiger charge is -2.25. The van der Waals surface area contributed by atoms with Crippen molar-refractivity contribution in [1.29, 1.82) is 0 Å². The van der Waals surface area contributed by atoms with Gasteiger partial charge in [0, 0.05) is 18.8 Å². The second kappa shape index (κ2) is 9.80. The third-order valence-corrected chi connectivity index (χ3v) is 4.21. The van der Waals surface area contributed by atoms with Gasteiger partial charge in [0.15, 0.2) is 0 Å². The summed E-state index contributed by atoms with van der Waals surface area (Å²) in [7, 11) is 0. The molecule has 0 bridgehead atoms. The van der Waals surface area contributed by atoms with Crippen LogP contribution in [0.3, 0.4) is 0 Å². The molecule has 3 heteroatoms. The number of hydrogen-bond donors (Lipinski definition) is 1. The maximum absolute atomic E-state index is 9.85. The van der Waals surface area contributed by atoms with Crippen molar-refractivity contribution in [3.63, 3.8) is 0 Å². The predicted molar refractivity (Wildman–Crippen MR) is 92.0 cm³/mol. The number of rotatable bonds is 10. The first kappa shape index (κ1) is 18.0. The molecular formula is C18H32N2O. The predicted octanol–water partition coefficient (Wildman–Crippen LogP) is 3.69. The smallest absolute Gasteiger partial charge is 0.0787 e. The lowest BCUT2D eigenvalue weighted by atomic mass is 10.1. The van der Waals surface area contributed by atoms with E-state index in [1.54, 1.807) is 0 Å². The van der Waals surface area contributed by atoms with Crippen LogP contribution in [0.1, 0.15) is 52.2 Å². The minimum atomic E-state index is -0.336. The van der Waals surface area contributed by atoms with E-state index in [0.717, 1.165) is 44.7 Å². The fraction of sp³-hybridized carbons (Fsp3) is 0.667. The molecule has 1 unspecified atom stereocenters. The number of nitrogens with zero attached hydrogens (tertiary/aromatic N) is 2. The van der Waals surface area contributed by atoms with Crippen LogP contribution in [0.4, 0.5) is 5.69 Å². The molecule has 0 heterocycles. The molecular weight excluding hydrogens is 260 g/mol. The number of hydrogen-bond acceptors (Lipinski definition) is 3. The Hall–Kier alpha value is -1.06. The fourth-order valence-electron chi connectivity index (χ4n) is 2.64. The second-order valence-electron chi connectivity index (χ2n) is 5.48. The van der Waals surface area contributed by atoms with E-state index in [0.29, 0.717) is 0 Å². The highest BCUT2D eigenvalue weighted by Gasteiger charge is 2.08. The second-order valence-corrected chi connectivity index (χ2v) is 5.48. The lowest BCUT2D eigenvalue weighted by molar-refractivity contribution is 0.173. The minimum absolute atomic E-state index is 0.336. The summed E-state index contributed by atoms with van der Waals surface area (Å²) < 4.78 is 0. The molecule has 1 aromatic rings. The van der Waals surface area contributed by atoms with Crippen LogP contribution in [-0.2, 0) is 0 Å². The zero-order valence-corrected chi connectivity index (χ0v) is 14.2. The molecule has 0 amide bonds. The Morgan fingerprint density at radius 2 is 1.52 bits per heavy atom. The van der Waals surface area contributed by atoms with Crippen molar-refractivity contribution < 1.29 is 5.11 Å². The van der Waals surface area contributed by atoms with Gasteiger partial charge in [-0.15, -0.1) is 0 Å². The Morgan fingerprint density at radius 3 is 2.00 bits per heavy atom. The first-order valence-corrected chi connectivity index (χ1v) is 8.41. The summed E-state index contributed by atoms with van der Waals surface area (Å²) in [5.41, 5.74) is 2.27. The van der Waals surface area contributed by atoms with Crippen molar-refractivity contribution in [3.05, 3.63) is 29.8 Å². The molecule has 0 aliphatic heterocycles. The molecule has 21 heavy (non-hydrogen) atoms. The Kier molecular flexibility index (Phi) is 8.40. The quantitative estimate of drug-likeness (QED) is 0.712. The normalized spacial score (nSPS) is 12.7. The van der Waals surface area contributed by atoms with Gasteiger partial charge in [0.1, 0.15) is 0 Å². The van der Waals surface area contributed by atoms with Crippen molar-refractivity contribution in [1.82, 2.24) is 4.90 Å². The summed E-state index contributed by atoms with van der Waals surface area (Å²) >= 11 is 0. The minimum Gasteiger partial charge on any atom is -0.388 e. The lowest BCUT2D eigenvalue weighted by Crippen LogP contribution is -2.29. The van der Waals surface area contributed by atoms with E-state index in [1.807, 2.05) is 6.92 Å². The zero-order valence-electron chi connectivity index (χ0n) is 14.2. The molecule has 1 aromatic carbocycles. The fourth-order valence-corrected chi connectivity index (χ4v) is 2.64. The Morgan fingerprint density at radius 1 is 0.905 bits per heavy atom. The molecule has 0 saturated carbocycles. The summed E-state index contributed by atoms with van der Waals surface area (Å²) in [5.74, 6) is 0. The van der Waals surface area contributed by atoms with Gasteiger partial charge < -0.3 is 14.9 Å². The van der Waals surface area contributed by atoms with E-state index in [4.69, 9.17) is 0 Å². The van der Waals surface area contributed by atoms with E-state index in [1.165, 1.54) is 12.1 Å². The van der Waals surface area contributed by atoms with Crippen molar-refractivity contribution in [2.24, 2.45) is 0 Å². The first-order chi connectivity index (χ1) is 10.2. The highest BCUT2D eigenvalue weighted by atomic mass is 16.3. The van der Waals surface area contributed by atoms with E-state index in [2.05, 4.69) is 54.8 Å². The van der Waals surface area contributed by atoms with Crippen LogP contribution in [-0.4, -0.2) is 42.7 Å². The first-order valence-electron chi connectivity index (χ1n) is 8.41. The third kappa shape index (κ3) is 5.68. The van der Waals surface area contributed by atoms with Crippen molar-refractivity contribution in [2.75, 3.05) is 37.6 Å². The largest absolute Gasteiger partial charge is 0.388 e. The van der Waals surface area contributed by atoms with Gasteiger partial charge in [-0.3, -0.25) is 0 Å². The van der Waals surface area contributed by atoms with E-state index in [-0.39, 0.29) is 6.10 Å². The monoisotopic (exact) mass is 292 g/mol. The molecule has 0 radical (unpaired) electrons. The van der Waals surface area contributed by atoms with Crippen LogP contribution in [0.15, 0.2) is 24.3 Å². The van der Waals surface area contributed by atoms with Gasteiger partial charge >= 0.3 is 0 Å². The molecule has 1 N–H and O–H groups in total. The van der Waals surface area contributed by atoms with Crippen LogP contribution < -0.4 is 4.90 Å². The molecule has 120 valence electrons. The van der Waals surface area contributed by atoms with E-state index >= 15 is 0 Å². The summed E-state index contributed by atoms with van der Waals surface area (Å²) in [6.07, 6.45) is 1.62. The van der Waals surface area contributed by atoms with Gasteiger partial charge in [-0.05, 0) is 57.1 Å². The van der Waals surface area contributed by atoms with Crippen LogP contribution >= 0.6 is 0 Å². The maximum atomic E-state index is 9.85. The zero-order chi connectivity index (χ0) is 15.7. The summed E-state index contributed by atoms with van der Waals surface area (Å²) in [5, 5.41) is 9.85. The molecule has 0 aromatic heterocycles. The van der Waals surface area contributed by atoms with Gasteiger partial charge in [0.05, 0.1) is 6.10 Å². The van der Waals surface area contributed by atoms with Crippen molar-refractivity contribution >= 4 is 5.69 Å². The number of aliphatic hydroxyl groups excluding tert-OH is 1. The van der Waals surface area contributed by atoms with Crippen molar-refractivity contribution in [3.8, 4) is 0 Å². The number of benzene rings is 1. The molecule has 0 fully saturated rings. The molecule has 1 rings (SSSR count). The molecule has 1 atom stereocenters. The maximum Gasteiger partial charge on any atom is 0.0787 e. The van der Waals surface area contributed by atoms with Crippen LogP contribution in [0.5, 0.6) is 0 Å². The van der Waals surface area contributed by atoms with Crippen molar-refractivity contribution in [2.45, 2.75) is 46.6 Å². The highest BCUT2D eigenvalue weighted by molar-refractivity contribution is 5.47. The average Bonchev–Trinajstić information content (AvgIpc) is 2.55. The van der Waals surface area contributed by atoms with Crippen LogP contribution in [0, 0.1) is 0 Å². The van der Waals surface area contributed by atoms with E-state index < -0.39 is 0 Å². The SMILES string of the molecule is CCC(O)c1ccc(N(CC)CCCN(CC)CC)cc1. The van der Waals surface area contributed by atoms with Crippen LogP contribution in [0.2, 0.25) is 0 Å². The van der Waals surface area contributed by atoms with Gasteiger partial charge in [-0.2, -0.15) is 0 Å². The highest BCUT2D eigenvalue weighted by Crippen LogP contribution is 2.21.